The molecule has 2 unspecified atom stereocenters. The number of H-pyrrole nitrogens is 1. The van der Waals surface area contributed by atoms with Gasteiger partial charge in [-0.15, -0.1) is 11.3 Å². The maximum atomic E-state index is 13.3. The molecule has 0 fully saturated rings. The second-order valence-corrected chi connectivity index (χ2v) is 9.21. The van der Waals surface area contributed by atoms with Crippen LogP contribution in [0.2, 0.25) is 0 Å². The molecule has 3 amide bonds. The van der Waals surface area contributed by atoms with E-state index >= 15 is 0 Å². The number of rotatable bonds is 4. The molecule has 7 nitrogen and oxygen atoms in total. The molecule has 35 heavy (non-hydrogen) atoms. The van der Waals surface area contributed by atoms with Gasteiger partial charge in [-0.25, -0.2) is 9.79 Å². The summed E-state index contributed by atoms with van der Waals surface area (Å²) in [5.41, 5.74) is 1.65. The summed E-state index contributed by atoms with van der Waals surface area (Å²) in [6.45, 7) is 1.62. The highest BCUT2D eigenvalue weighted by Crippen LogP contribution is 2.38. The second kappa shape index (κ2) is 8.66. The number of nitrogens with one attached hydrogen (secondary N) is 3. The SMILES string of the molecule is CC1=NC(=O)NC(c2ccc(-c3ccc(C(F)(F)F)cc3)s2)C1C(=O)Nc1ccc2[nH]ncc2c1. The van der Waals surface area contributed by atoms with Crippen LogP contribution in [0.15, 0.2) is 65.8 Å². The number of aromatic nitrogens is 2. The van der Waals surface area contributed by atoms with E-state index in [1.165, 1.54) is 23.5 Å². The number of anilines is 1. The number of hydrogen-bond acceptors (Lipinski definition) is 4. The van der Waals surface area contributed by atoms with Gasteiger partial charge < -0.3 is 10.6 Å². The van der Waals surface area contributed by atoms with Gasteiger partial charge in [0.15, 0.2) is 0 Å². The number of halogens is 3. The summed E-state index contributed by atoms with van der Waals surface area (Å²) in [7, 11) is 0. The maximum Gasteiger partial charge on any atom is 0.416 e. The lowest BCUT2D eigenvalue weighted by Crippen LogP contribution is -2.45. The lowest BCUT2D eigenvalue weighted by atomic mass is 9.91. The summed E-state index contributed by atoms with van der Waals surface area (Å²) >= 11 is 1.30. The summed E-state index contributed by atoms with van der Waals surface area (Å²) in [5.74, 6) is -1.12. The summed E-state index contributed by atoms with van der Waals surface area (Å²) in [4.78, 5) is 30.8. The van der Waals surface area contributed by atoms with Crippen molar-refractivity contribution in [3.63, 3.8) is 0 Å². The van der Waals surface area contributed by atoms with Crippen LogP contribution in [-0.4, -0.2) is 27.8 Å². The van der Waals surface area contributed by atoms with Gasteiger partial charge in [-0.3, -0.25) is 9.89 Å². The third kappa shape index (κ3) is 4.54. The van der Waals surface area contributed by atoms with Crippen LogP contribution in [0, 0.1) is 5.92 Å². The van der Waals surface area contributed by atoms with Gasteiger partial charge in [0.2, 0.25) is 5.91 Å². The number of alkyl halides is 3. The molecule has 1 aliphatic rings. The minimum absolute atomic E-state index is 0.344. The van der Waals surface area contributed by atoms with Gasteiger partial charge in [-0.2, -0.15) is 18.3 Å². The van der Waals surface area contributed by atoms with E-state index in [0.29, 0.717) is 26.7 Å². The number of amides is 3. The maximum absolute atomic E-state index is 13.3. The predicted octanol–water partition coefficient (Wildman–Crippen LogP) is 5.79. The zero-order chi connectivity index (χ0) is 24.7. The number of hydrogen-bond donors (Lipinski definition) is 3. The van der Waals surface area contributed by atoms with Crippen molar-refractivity contribution in [1.29, 1.82) is 0 Å². The first kappa shape index (κ1) is 22.8. The number of thiophene rings is 1. The fourth-order valence-corrected chi connectivity index (χ4v) is 5.14. The zero-order valence-corrected chi connectivity index (χ0v) is 19.0. The summed E-state index contributed by atoms with van der Waals surface area (Å²) < 4.78 is 38.7. The third-order valence-electron chi connectivity index (χ3n) is 5.76. The van der Waals surface area contributed by atoms with E-state index in [2.05, 4.69) is 25.8 Å². The van der Waals surface area contributed by atoms with Crippen LogP contribution in [0.3, 0.4) is 0 Å². The number of carbonyl (C=O) groups excluding carboxylic acids is 2. The summed E-state index contributed by atoms with van der Waals surface area (Å²) in [5, 5.41) is 13.3. The molecule has 0 saturated carbocycles. The average Bonchev–Trinajstić information content (AvgIpc) is 3.47. The number of fused-ring (bicyclic) bond motifs is 1. The highest BCUT2D eigenvalue weighted by molar-refractivity contribution is 7.15. The fourth-order valence-electron chi connectivity index (χ4n) is 4.04. The molecule has 0 saturated heterocycles. The second-order valence-electron chi connectivity index (χ2n) is 8.10. The van der Waals surface area contributed by atoms with Crippen molar-refractivity contribution in [2.45, 2.75) is 19.1 Å². The van der Waals surface area contributed by atoms with Crippen molar-refractivity contribution >= 4 is 45.6 Å². The van der Waals surface area contributed by atoms with Crippen LogP contribution in [0.4, 0.5) is 23.7 Å². The lowest BCUT2D eigenvalue weighted by molar-refractivity contribution is -0.137. The van der Waals surface area contributed by atoms with E-state index in [0.717, 1.165) is 23.0 Å². The van der Waals surface area contributed by atoms with Crippen LogP contribution in [-0.2, 0) is 11.0 Å². The Balaban J connectivity index is 1.41. The van der Waals surface area contributed by atoms with Gasteiger partial charge in [0, 0.05) is 26.5 Å². The van der Waals surface area contributed by atoms with Crippen molar-refractivity contribution in [2.75, 3.05) is 5.32 Å². The normalized spacial score (nSPS) is 18.3. The molecule has 2 aromatic carbocycles. The van der Waals surface area contributed by atoms with Crippen LogP contribution in [0.25, 0.3) is 21.3 Å². The molecule has 1 aliphatic heterocycles. The molecule has 3 N–H and O–H groups in total. The Morgan fingerprint density at radius 1 is 1.09 bits per heavy atom. The average molecular weight is 498 g/mol. The Labute approximate surface area is 201 Å². The lowest BCUT2D eigenvalue weighted by Gasteiger charge is -2.29. The van der Waals surface area contributed by atoms with Crippen LogP contribution < -0.4 is 10.6 Å². The standard InChI is InChI=1S/C24H18F3N5O2S/c1-12-20(22(33)30-16-6-7-17-14(10-16)11-28-32-17)21(31-23(34)29-12)19-9-8-18(35-19)13-2-4-15(5-3-13)24(25,26)27/h2-11,20-21H,1H3,(H,28,32)(H,30,33)(H,31,34). The Bertz CT molecular complexity index is 1460. The minimum Gasteiger partial charge on any atom is -0.327 e. The minimum atomic E-state index is -4.41. The number of nitrogens with zero attached hydrogens (tertiary/aromatic N) is 2. The third-order valence-corrected chi connectivity index (χ3v) is 6.98. The van der Waals surface area contributed by atoms with Gasteiger partial charge in [0.1, 0.15) is 5.92 Å². The molecule has 0 aliphatic carbocycles. The van der Waals surface area contributed by atoms with Gasteiger partial charge in [-0.1, -0.05) is 12.1 Å². The number of carbonyl (C=O) groups is 2. The molecular weight excluding hydrogens is 479 g/mol. The zero-order valence-electron chi connectivity index (χ0n) is 18.2. The number of urea groups is 1. The first-order chi connectivity index (χ1) is 16.7. The summed E-state index contributed by atoms with van der Waals surface area (Å²) in [6, 6.07) is 12.5. The summed E-state index contributed by atoms with van der Waals surface area (Å²) in [6.07, 6.45) is -2.76. The van der Waals surface area contributed by atoms with E-state index in [4.69, 9.17) is 0 Å². The topological polar surface area (TPSA) is 99.2 Å². The van der Waals surface area contributed by atoms with Crippen LogP contribution in [0.5, 0.6) is 0 Å². The smallest absolute Gasteiger partial charge is 0.327 e. The van der Waals surface area contributed by atoms with E-state index in [9.17, 15) is 22.8 Å². The van der Waals surface area contributed by atoms with E-state index < -0.39 is 29.7 Å². The first-order valence-electron chi connectivity index (χ1n) is 10.6. The molecule has 11 heteroatoms. The Morgan fingerprint density at radius 2 is 1.86 bits per heavy atom. The van der Waals surface area contributed by atoms with Gasteiger partial charge >= 0.3 is 12.2 Å². The van der Waals surface area contributed by atoms with Gasteiger partial charge in [0.05, 0.1) is 23.3 Å². The Morgan fingerprint density at radius 3 is 2.60 bits per heavy atom. The Kier molecular flexibility index (Phi) is 5.64. The molecular formula is C24H18F3N5O2S. The number of aliphatic imine (C=N–C) groups is 1. The van der Waals surface area contributed by atoms with Crippen molar-refractivity contribution in [3.05, 3.63) is 71.2 Å². The highest BCUT2D eigenvalue weighted by atomic mass is 32.1. The van der Waals surface area contributed by atoms with E-state index in [-0.39, 0.29) is 5.91 Å². The molecule has 2 aromatic heterocycles. The monoisotopic (exact) mass is 497 g/mol. The molecule has 0 spiro atoms. The van der Waals surface area contributed by atoms with Gasteiger partial charge in [-0.05, 0) is 55.0 Å². The van der Waals surface area contributed by atoms with Crippen molar-refractivity contribution in [1.82, 2.24) is 15.5 Å². The first-order valence-corrected chi connectivity index (χ1v) is 11.4. The van der Waals surface area contributed by atoms with Crippen molar-refractivity contribution < 1.29 is 22.8 Å². The van der Waals surface area contributed by atoms with Gasteiger partial charge in [0.25, 0.3) is 0 Å². The molecule has 0 radical (unpaired) electrons. The van der Waals surface area contributed by atoms with E-state index in [1.807, 2.05) is 0 Å². The molecule has 0 bridgehead atoms. The largest absolute Gasteiger partial charge is 0.416 e. The molecule has 3 heterocycles. The van der Waals surface area contributed by atoms with Crippen molar-refractivity contribution in [2.24, 2.45) is 10.9 Å². The highest BCUT2D eigenvalue weighted by Gasteiger charge is 2.38. The molecule has 178 valence electrons. The predicted molar refractivity (Wildman–Crippen MR) is 127 cm³/mol. The quantitative estimate of drug-likeness (QED) is 0.333. The Hall–Kier alpha value is -3.99. The van der Waals surface area contributed by atoms with Crippen molar-refractivity contribution in [3.8, 4) is 10.4 Å². The fraction of sp³-hybridized carbons (Fsp3) is 0.167. The van der Waals surface area contributed by atoms with Crippen LogP contribution in [0.1, 0.15) is 23.4 Å². The molecule has 5 rings (SSSR count). The number of benzene rings is 2. The molecule has 4 aromatic rings. The number of aromatic amines is 1. The van der Waals surface area contributed by atoms with E-state index in [1.54, 1.807) is 43.5 Å². The van der Waals surface area contributed by atoms with Crippen LogP contribution >= 0.6 is 11.3 Å². The molecule has 2 atom stereocenters.